The Hall–Kier alpha value is -3.68. The van der Waals surface area contributed by atoms with Crippen LogP contribution >= 0.6 is 22.9 Å². The third-order valence-corrected chi connectivity index (χ3v) is 7.53. The van der Waals surface area contributed by atoms with Crippen molar-refractivity contribution in [2.45, 2.75) is 32.7 Å². The topological polar surface area (TPSA) is 79.7 Å². The van der Waals surface area contributed by atoms with Gasteiger partial charge >= 0.3 is 5.91 Å². The molecule has 0 saturated carbocycles. The number of amides is 1. The second kappa shape index (κ2) is 10.4. The van der Waals surface area contributed by atoms with Crippen molar-refractivity contribution in [1.82, 2.24) is 4.98 Å². The Labute approximate surface area is 223 Å². The van der Waals surface area contributed by atoms with Gasteiger partial charge in [-0.3, -0.25) is 14.5 Å². The average molecular weight is 533 g/mol. The lowest BCUT2D eigenvalue weighted by molar-refractivity contribution is -0.132. The number of hydrogen-bond donors (Lipinski definition) is 1. The van der Waals surface area contributed by atoms with Gasteiger partial charge < -0.3 is 9.84 Å². The van der Waals surface area contributed by atoms with E-state index in [9.17, 15) is 14.7 Å². The molecule has 1 aromatic heterocycles. The lowest BCUT2D eigenvalue weighted by Gasteiger charge is -2.23. The summed E-state index contributed by atoms with van der Waals surface area (Å²) in [5.41, 5.74) is 2.92. The molecule has 1 atom stereocenters. The molecule has 188 valence electrons. The molecule has 8 heteroatoms. The highest BCUT2D eigenvalue weighted by molar-refractivity contribution is 7.22. The van der Waals surface area contributed by atoms with Crippen molar-refractivity contribution in [2.24, 2.45) is 0 Å². The number of ether oxygens (including phenoxy) is 1. The van der Waals surface area contributed by atoms with Gasteiger partial charge in [-0.25, -0.2) is 4.98 Å². The Kier molecular flexibility index (Phi) is 7.00. The van der Waals surface area contributed by atoms with Crippen LogP contribution in [0.4, 0.5) is 5.13 Å². The molecule has 1 N–H and O–H groups in total. The summed E-state index contributed by atoms with van der Waals surface area (Å²) >= 11 is 7.37. The zero-order chi connectivity index (χ0) is 26.1. The summed E-state index contributed by atoms with van der Waals surface area (Å²) in [7, 11) is 0. The van der Waals surface area contributed by atoms with Crippen molar-refractivity contribution < 1.29 is 19.4 Å². The van der Waals surface area contributed by atoms with Gasteiger partial charge in [0.25, 0.3) is 5.78 Å². The fraction of sp³-hybridized carbons (Fsp3) is 0.207. The molecule has 1 aliphatic rings. The number of hydrogen-bond acceptors (Lipinski definition) is 6. The predicted octanol–water partition coefficient (Wildman–Crippen LogP) is 6.93. The summed E-state index contributed by atoms with van der Waals surface area (Å²) in [5, 5.41) is 12.2. The van der Waals surface area contributed by atoms with Gasteiger partial charge in [-0.05, 0) is 72.5 Å². The highest BCUT2D eigenvalue weighted by Gasteiger charge is 2.48. The van der Waals surface area contributed by atoms with Crippen molar-refractivity contribution in [2.75, 3.05) is 11.5 Å². The number of aromatic nitrogens is 1. The van der Waals surface area contributed by atoms with Crippen molar-refractivity contribution >= 4 is 55.7 Å². The van der Waals surface area contributed by atoms with Crippen molar-refractivity contribution in [1.29, 1.82) is 0 Å². The van der Waals surface area contributed by atoms with E-state index in [1.807, 2.05) is 37.3 Å². The number of halogens is 1. The largest absolute Gasteiger partial charge is 0.507 e. The summed E-state index contributed by atoms with van der Waals surface area (Å²) in [5.74, 6) is -1.16. The second-order valence-electron chi connectivity index (χ2n) is 8.75. The molecular weight excluding hydrogens is 508 g/mol. The molecule has 0 unspecified atom stereocenters. The Balaban J connectivity index is 1.69. The van der Waals surface area contributed by atoms with Crippen LogP contribution in [-0.2, 0) is 16.0 Å². The fourth-order valence-electron chi connectivity index (χ4n) is 4.38. The van der Waals surface area contributed by atoms with E-state index in [0.29, 0.717) is 33.6 Å². The van der Waals surface area contributed by atoms with Gasteiger partial charge in [-0.2, -0.15) is 0 Å². The first-order chi connectivity index (χ1) is 17.9. The molecule has 3 aromatic carbocycles. The van der Waals surface area contributed by atoms with Gasteiger partial charge in [0, 0.05) is 10.6 Å². The molecule has 0 spiro atoms. The first kappa shape index (κ1) is 25.0. The molecule has 1 fully saturated rings. The molecule has 2 heterocycles. The molecular formula is C29H25ClN2O4S. The van der Waals surface area contributed by atoms with Gasteiger partial charge in [-0.1, -0.05) is 55.0 Å². The number of fused-ring (bicyclic) bond motifs is 1. The van der Waals surface area contributed by atoms with E-state index in [4.69, 9.17) is 21.3 Å². The van der Waals surface area contributed by atoms with Gasteiger partial charge in [0.2, 0.25) is 0 Å². The maximum atomic E-state index is 13.5. The molecule has 1 aliphatic heterocycles. The number of rotatable bonds is 7. The van der Waals surface area contributed by atoms with Gasteiger partial charge in [0.05, 0.1) is 28.4 Å². The van der Waals surface area contributed by atoms with Gasteiger partial charge in [0.15, 0.2) is 5.13 Å². The van der Waals surface area contributed by atoms with E-state index in [1.54, 1.807) is 30.3 Å². The SMILES string of the molecule is CCCOc1cccc([C@H]2C(=C(O)c3ccc(Cl)cc3)C(=O)C(=O)N2c2nc3ccc(CC)cc3s2)c1. The number of carbonyl (C=O) groups is 2. The quantitative estimate of drug-likeness (QED) is 0.159. The van der Waals surface area contributed by atoms with Crippen LogP contribution < -0.4 is 9.64 Å². The molecule has 6 nitrogen and oxygen atoms in total. The van der Waals surface area contributed by atoms with E-state index < -0.39 is 17.7 Å². The van der Waals surface area contributed by atoms with Gasteiger partial charge in [0.1, 0.15) is 11.5 Å². The number of anilines is 1. The van der Waals surface area contributed by atoms with Crippen LogP contribution in [0.25, 0.3) is 16.0 Å². The molecule has 0 radical (unpaired) electrons. The zero-order valence-corrected chi connectivity index (χ0v) is 22.0. The summed E-state index contributed by atoms with van der Waals surface area (Å²) in [6.07, 6.45) is 1.71. The standard InChI is InChI=1S/C29H25ClN2O4S/c1-3-14-36-21-7-5-6-19(16-21)25-24(26(33)18-9-11-20(30)12-10-18)27(34)28(35)32(25)29-31-22-13-8-17(4-2)15-23(22)37-29/h5-13,15-16,25,33H,3-4,14H2,1-2H3/t25-/m0/s1. The minimum Gasteiger partial charge on any atom is -0.507 e. The molecule has 0 bridgehead atoms. The lowest BCUT2D eigenvalue weighted by Crippen LogP contribution is -2.29. The van der Waals surface area contributed by atoms with E-state index in [0.717, 1.165) is 28.6 Å². The number of nitrogens with zero attached hydrogens (tertiary/aromatic N) is 2. The van der Waals surface area contributed by atoms with Crippen LogP contribution in [0.15, 0.2) is 72.3 Å². The van der Waals surface area contributed by atoms with E-state index in [2.05, 4.69) is 13.0 Å². The highest BCUT2D eigenvalue weighted by atomic mass is 35.5. The molecule has 0 aliphatic carbocycles. The third-order valence-electron chi connectivity index (χ3n) is 6.26. The third kappa shape index (κ3) is 4.72. The number of aliphatic hydroxyl groups is 1. The van der Waals surface area contributed by atoms with E-state index in [-0.39, 0.29) is 11.3 Å². The minimum atomic E-state index is -0.882. The molecule has 37 heavy (non-hydrogen) atoms. The van der Waals surface area contributed by atoms with E-state index >= 15 is 0 Å². The van der Waals surface area contributed by atoms with Crippen molar-refractivity contribution in [3.05, 3.63) is 94.0 Å². The number of aliphatic hydroxyl groups excluding tert-OH is 1. The number of benzene rings is 3. The number of aryl methyl sites for hydroxylation is 1. The number of ketones is 1. The minimum absolute atomic E-state index is 0.00605. The number of thiazole rings is 1. The van der Waals surface area contributed by atoms with Crippen LogP contribution in [0.5, 0.6) is 5.75 Å². The van der Waals surface area contributed by atoms with E-state index in [1.165, 1.54) is 16.2 Å². The summed E-state index contributed by atoms with van der Waals surface area (Å²) in [6, 6.07) is 18.8. The Bertz CT molecular complexity index is 1530. The Morgan fingerprint density at radius 1 is 1.08 bits per heavy atom. The van der Waals surface area contributed by atoms with Crippen LogP contribution in [-0.4, -0.2) is 28.4 Å². The summed E-state index contributed by atoms with van der Waals surface area (Å²) in [4.78, 5) is 33.0. The fourth-order valence-corrected chi connectivity index (χ4v) is 5.56. The Morgan fingerprint density at radius 3 is 2.59 bits per heavy atom. The monoisotopic (exact) mass is 532 g/mol. The lowest BCUT2D eigenvalue weighted by atomic mass is 9.95. The summed E-state index contributed by atoms with van der Waals surface area (Å²) < 4.78 is 6.75. The number of carbonyl (C=O) groups excluding carboxylic acids is 2. The van der Waals surface area contributed by atoms with Crippen molar-refractivity contribution in [3.8, 4) is 5.75 Å². The van der Waals surface area contributed by atoms with Crippen LogP contribution in [0.3, 0.4) is 0 Å². The smallest absolute Gasteiger partial charge is 0.301 e. The van der Waals surface area contributed by atoms with Crippen LogP contribution in [0.1, 0.15) is 43.0 Å². The normalized spacial score (nSPS) is 17.1. The number of Topliss-reactive ketones (excluding diaryl/α,β-unsaturated/α-hetero) is 1. The van der Waals surface area contributed by atoms with Crippen LogP contribution in [0.2, 0.25) is 5.02 Å². The van der Waals surface area contributed by atoms with Crippen LogP contribution in [0, 0.1) is 0 Å². The van der Waals surface area contributed by atoms with Gasteiger partial charge in [-0.15, -0.1) is 0 Å². The zero-order valence-electron chi connectivity index (χ0n) is 20.4. The molecule has 1 saturated heterocycles. The predicted molar refractivity (Wildman–Crippen MR) is 147 cm³/mol. The van der Waals surface area contributed by atoms with Crippen molar-refractivity contribution in [3.63, 3.8) is 0 Å². The second-order valence-corrected chi connectivity index (χ2v) is 10.2. The molecule has 5 rings (SSSR count). The molecule has 1 amide bonds. The maximum absolute atomic E-state index is 13.5. The first-order valence-corrected chi connectivity index (χ1v) is 13.3. The average Bonchev–Trinajstić information content (AvgIpc) is 3.45. The summed E-state index contributed by atoms with van der Waals surface area (Å²) in [6.45, 7) is 4.63. The Morgan fingerprint density at radius 2 is 1.86 bits per heavy atom. The maximum Gasteiger partial charge on any atom is 0.301 e. The first-order valence-electron chi connectivity index (χ1n) is 12.1. The molecule has 4 aromatic rings. The highest BCUT2D eigenvalue weighted by Crippen LogP contribution is 2.45.